The first-order chi connectivity index (χ1) is 16.2. The molecule has 2 aromatic rings. The predicted molar refractivity (Wildman–Crippen MR) is 132 cm³/mol. The molecular formula is C24H32ClN7O2. The van der Waals surface area contributed by atoms with Crippen molar-refractivity contribution in [2.24, 2.45) is 5.92 Å². The lowest BCUT2D eigenvalue weighted by molar-refractivity contribution is -0.128. The quantitative estimate of drug-likeness (QED) is 0.350. The van der Waals surface area contributed by atoms with E-state index in [9.17, 15) is 9.59 Å². The van der Waals surface area contributed by atoms with Crippen molar-refractivity contribution in [3.05, 3.63) is 52.4 Å². The van der Waals surface area contributed by atoms with Crippen molar-refractivity contribution in [2.45, 2.75) is 39.7 Å². The molecule has 0 saturated heterocycles. The van der Waals surface area contributed by atoms with Gasteiger partial charge in [-0.05, 0) is 43.0 Å². The molecule has 0 aliphatic carbocycles. The number of halogens is 1. The maximum absolute atomic E-state index is 12.9. The van der Waals surface area contributed by atoms with Gasteiger partial charge in [0.2, 0.25) is 11.7 Å². The van der Waals surface area contributed by atoms with Gasteiger partial charge in [0, 0.05) is 39.2 Å². The van der Waals surface area contributed by atoms with E-state index in [4.69, 9.17) is 16.9 Å². The lowest BCUT2D eigenvalue weighted by Gasteiger charge is -2.26. The number of benzene rings is 1. The van der Waals surface area contributed by atoms with Gasteiger partial charge in [-0.2, -0.15) is 10.2 Å². The van der Waals surface area contributed by atoms with Crippen molar-refractivity contribution in [1.82, 2.24) is 25.6 Å². The molecule has 0 aliphatic heterocycles. The van der Waals surface area contributed by atoms with Crippen LogP contribution in [0.4, 0.5) is 5.82 Å². The lowest BCUT2D eigenvalue weighted by Crippen LogP contribution is -2.45. The van der Waals surface area contributed by atoms with Gasteiger partial charge in [-0.3, -0.25) is 20.0 Å². The van der Waals surface area contributed by atoms with Crippen molar-refractivity contribution in [3.8, 4) is 6.07 Å². The number of carbonyl (C=O) groups is 2. The molecule has 9 nitrogen and oxygen atoms in total. The van der Waals surface area contributed by atoms with Crippen LogP contribution in [0.25, 0.3) is 0 Å². The molecular weight excluding hydrogens is 454 g/mol. The van der Waals surface area contributed by atoms with E-state index >= 15 is 0 Å². The summed E-state index contributed by atoms with van der Waals surface area (Å²) in [4.78, 5) is 34.1. The Morgan fingerprint density at radius 3 is 2.50 bits per heavy atom. The number of rotatable bonds is 12. The molecule has 10 heteroatoms. The van der Waals surface area contributed by atoms with Crippen LogP contribution in [0.15, 0.2) is 30.5 Å². The molecule has 2 rings (SSSR count). The van der Waals surface area contributed by atoms with E-state index in [1.54, 1.807) is 36.1 Å². The minimum atomic E-state index is -0.307. The zero-order chi connectivity index (χ0) is 25.1. The Morgan fingerprint density at radius 1 is 1.18 bits per heavy atom. The standard InChI is InChI=1S/C24H32ClN7O2/c1-17(2)16-32(23-20(25)15-28-21(13-26)29-23)30-24(34)19-10-8-18(9-11-19)14-27-12-6-5-7-22(33)31(3)4/h8-11,15,17,27H,5-7,12,14,16H2,1-4H3,(H,30,34). The topological polar surface area (TPSA) is 114 Å². The number of hydrogen-bond donors (Lipinski definition) is 2. The summed E-state index contributed by atoms with van der Waals surface area (Å²) in [5.74, 6) is 0.297. The zero-order valence-electron chi connectivity index (χ0n) is 20.1. The summed E-state index contributed by atoms with van der Waals surface area (Å²) in [6.45, 7) is 5.95. The maximum Gasteiger partial charge on any atom is 0.269 e. The van der Waals surface area contributed by atoms with Crippen LogP contribution in [0.2, 0.25) is 5.02 Å². The van der Waals surface area contributed by atoms with Crippen LogP contribution in [0.5, 0.6) is 0 Å². The fourth-order valence-corrected chi connectivity index (χ4v) is 3.29. The lowest BCUT2D eigenvalue weighted by atomic mass is 10.1. The first-order valence-corrected chi connectivity index (χ1v) is 11.6. The van der Waals surface area contributed by atoms with E-state index in [1.807, 2.05) is 32.0 Å². The summed E-state index contributed by atoms with van der Waals surface area (Å²) in [5.41, 5.74) is 4.38. The predicted octanol–water partition coefficient (Wildman–Crippen LogP) is 3.16. The number of amides is 2. The monoisotopic (exact) mass is 485 g/mol. The van der Waals surface area contributed by atoms with Gasteiger partial charge in [-0.25, -0.2) is 4.98 Å². The highest BCUT2D eigenvalue weighted by molar-refractivity contribution is 6.32. The highest BCUT2D eigenvalue weighted by atomic mass is 35.5. The molecule has 0 saturated carbocycles. The first-order valence-electron chi connectivity index (χ1n) is 11.2. The third kappa shape index (κ3) is 8.61. The molecule has 2 amide bonds. The number of nitrogens with one attached hydrogen (secondary N) is 2. The molecule has 0 unspecified atom stereocenters. The van der Waals surface area contributed by atoms with Crippen LogP contribution in [-0.4, -0.2) is 53.9 Å². The molecule has 2 N–H and O–H groups in total. The minimum absolute atomic E-state index is 0.0245. The third-order valence-corrected chi connectivity index (χ3v) is 5.17. The van der Waals surface area contributed by atoms with Gasteiger partial charge in [0.25, 0.3) is 5.91 Å². The number of hydrazine groups is 1. The number of nitrogens with zero attached hydrogens (tertiary/aromatic N) is 5. The number of anilines is 1. The van der Waals surface area contributed by atoms with Gasteiger partial charge in [-0.15, -0.1) is 0 Å². The highest BCUT2D eigenvalue weighted by Crippen LogP contribution is 2.22. The second-order valence-corrected chi connectivity index (χ2v) is 8.95. The Bertz CT molecular complexity index is 1000. The smallest absolute Gasteiger partial charge is 0.269 e. The molecule has 0 spiro atoms. The molecule has 0 radical (unpaired) electrons. The van der Waals surface area contributed by atoms with Crippen molar-refractivity contribution >= 4 is 29.2 Å². The van der Waals surface area contributed by atoms with Crippen molar-refractivity contribution in [1.29, 1.82) is 5.26 Å². The molecule has 0 bridgehead atoms. The Kier molecular flexibility index (Phi) is 10.7. The van der Waals surface area contributed by atoms with E-state index < -0.39 is 0 Å². The van der Waals surface area contributed by atoms with Gasteiger partial charge < -0.3 is 10.2 Å². The summed E-state index contributed by atoms with van der Waals surface area (Å²) in [5, 5.41) is 14.3. The van der Waals surface area contributed by atoms with Crippen LogP contribution < -0.4 is 15.8 Å². The molecule has 0 atom stereocenters. The number of nitriles is 1. The fourth-order valence-electron chi connectivity index (χ4n) is 3.10. The molecule has 1 heterocycles. The third-order valence-electron chi connectivity index (χ3n) is 4.90. The second kappa shape index (κ2) is 13.5. The van der Waals surface area contributed by atoms with E-state index in [-0.39, 0.29) is 34.4 Å². The summed E-state index contributed by atoms with van der Waals surface area (Å²) in [6, 6.07) is 9.21. The maximum atomic E-state index is 12.9. The number of unbranched alkanes of at least 4 members (excludes halogenated alkanes) is 1. The summed E-state index contributed by atoms with van der Waals surface area (Å²) >= 11 is 6.24. The van der Waals surface area contributed by atoms with E-state index in [2.05, 4.69) is 20.7 Å². The Balaban J connectivity index is 1.92. The van der Waals surface area contributed by atoms with Crippen LogP contribution in [0.3, 0.4) is 0 Å². The number of carbonyl (C=O) groups excluding carboxylic acids is 2. The second-order valence-electron chi connectivity index (χ2n) is 8.54. The average molecular weight is 486 g/mol. The Hall–Kier alpha value is -3.22. The number of aromatic nitrogens is 2. The van der Waals surface area contributed by atoms with Gasteiger partial charge in [0.05, 0.1) is 6.20 Å². The number of hydrogen-bond acceptors (Lipinski definition) is 7. The highest BCUT2D eigenvalue weighted by Gasteiger charge is 2.18. The van der Waals surface area contributed by atoms with E-state index in [1.165, 1.54) is 6.20 Å². The zero-order valence-corrected chi connectivity index (χ0v) is 20.9. The van der Waals surface area contributed by atoms with Crippen LogP contribution >= 0.6 is 11.6 Å². The molecule has 34 heavy (non-hydrogen) atoms. The average Bonchev–Trinajstić information content (AvgIpc) is 2.81. The molecule has 0 fully saturated rings. The Morgan fingerprint density at radius 2 is 1.88 bits per heavy atom. The van der Waals surface area contributed by atoms with Gasteiger partial charge in [0.15, 0.2) is 5.82 Å². The van der Waals surface area contributed by atoms with Gasteiger partial charge in [0.1, 0.15) is 11.1 Å². The SMILES string of the molecule is CC(C)CN(NC(=O)c1ccc(CNCCCCC(=O)N(C)C)cc1)c1nc(C#N)ncc1Cl. The fraction of sp³-hybridized carbons (Fsp3) is 0.458. The van der Waals surface area contributed by atoms with Crippen molar-refractivity contribution in [2.75, 3.05) is 32.2 Å². The van der Waals surface area contributed by atoms with Crippen molar-refractivity contribution < 1.29 is 9.59 Å². The summed E-state index contributed by atoms with van der Waals surface area (Å²) in [6.07, 6.45) is 3.68. The molecule has 182 valence electrons. The molecule has 0 aliphatic rings. The molecule has 1 aromatic carbocycles. The van der Waals surface area contributed by atoms with E-state index in [0.717, 1.165) is 24.9 Å². The van der Waals surface area contributed by atoms with Crippen LogP contribution in [0.1, 0.15) is 54.9 Å². The van der Waals surface area contributed by atoms with Crippen molar-refractivity contribution in [3.63, 3.8) is 0 Å². The summed E-state index contributed by atoms with van der Waals surface area (Å²) < 4.78 is 0. The molecule has 1 aromatic heterocycles. The largest absolute Gasteiger partial charge is 0.349 e. The Labute approximate surface area is 206 Å². The van der Waals surface area contributed by atoms with Gasteiger partial charge >= 0.3 is 0 Å². The van der Waals surface area contributed by atoms with Crippen LogP contribution in [-0.2, 0) is 11.3 Å². The minimum Gasteiger partial charge on any atom is -0.349 e. The normalized spacial score (nSPS) is 10.6. The van der Waals surface area contributed by atoms with E-state index in [0.29, 0.717) is 25.1 Å². The van der Waals surface area contributed by atoms with Gasteiger partial charge in [-0.1, -0.05) is 37.6 Å². The van der Waals surface area contributed by atoms with Crippen LogP contribution in [0, 0.1) is 17.2 Å². The summed E-state index contributed by atoms with van der Waals surface area (Å²) in [7, 11) is 3.53. The first kappa shape index (κ1) is 27.0.